The van der Waals surface area contributed by atoms with Crippen LogP contribution in [0.15, 0.2) is 24.3 Å². The molecule has 0 aliphatic carbocycles. The summed E-state index contributed by atoms with van der Waals surface area (Å²) < 4.78 is 4.88. The van der Waals surface area contributed by atoms with Crippen molar-refractivity contribution in [3.8, 4) is 5.75 Å². The number of nitrogens with one attached hydrogen (secondary N) is 1. The molecule has 14 heavy (non-hydrogen) atoms. The molecule has 0 radical (unpaired) electrons. The summed E-state index contributed by atoms with van der Waals surface area (Å²) in [6.45, 7) is 0. The third-order valence-electron chi connectivity index (χ3n) is 1.55. The highest BCUT2D eigenvalue weighted by molar-refractivity contribution is 6.02. The van der Waals surface area contributed by atoms with Crippen molar-refractivity contribution in [2.24, 2.45) is 0 Å². The van der Waals surface area contributed by atoms with Gasteiger partial charge in [0, 0.05) is 5.56 Å². The van der Waals surface area contributed by atoms with Crippen LogP contribution in [0.3, 0.4) is 0 Å². The van der Waals surface area contributed by atoms with Crippen LogP contribution in [0.5, 0.6) is 5.75 Å². The van der Waals surface area contributed by atoms with E-state index in [0.717, 1.165) is 0 Å². The molecule has 0 unspecified atom stereocenters. The molecule has 0 fully saturated rings. The molecular weight excluding hydrogens is 186 g/mol. The standard InChI is InChI=1S/C9H9NO4/c1-14-7-4-2-3-6(5-7)8(11)10-9(12)13/h2-5H,1H3,(H,10,11)(H,12,13). The average Bonchev–Trinajstić information content (AvgIpc) is 2.17. The van der Waals surface area contributed by atoms with Gasteiger partial charge in [0.05, 0.1) is 7.11 Å². The zero-order valence-electron chi connectivity index (χ0n) is 7.48. The highest BCUT2D eigenvalue weighted by Gasteiger charge is 2.08. The van der Waals surface area contributed by atoms with E-state index in [1.54, 1.807) is 17.4 Å². The van der Waals surface area contributed by atoms with Gasteiger partial charge in [0.25, 0.3) is 5.91 Å². The molecule has 74 valence electrons. The summed E-state index contributed by atoms with van der Waals surface area (Å²) in [5.74, 6) is -0.167. The molecule has 1 rings (SSSR count). The Hall–Kier alpha value is -2.04. The molecule has 5 nitrogen and oxygen atoms in total. The van der Waals surface area contributed by atoms with Gasteiger partial charge in [-0.25, -0.2) is 4.79 Å². The first-order chi connectivity index (χ1) is 6.63. The third kappa shape index (κ3) is 2.48. The van der Waals surface area contributed by atoms with Crippen LogP contribution in [0.4, 0.5) is 4.79 Å². The van der Waals surface area contributed by atoms with Gasteiger partial charge in [-0.3, -0.25) is 10.1 Å². The molecule has 2 amide bonds. The number of amides is 2. The van der Waals surface area contributed by atoms with E-state index in [0.29, 0.717) is 5.75 Å². The molecule has 0 aliphatic heterocycles. The van der Waals surface area contributed by atoms with Crippen LogP contribution >= 0.6 is 0 Å². The molecular formula is C9H9NO4. The van der Waals surface area contributed by atoms with E-state index in [-0.39, 0.29) is 5.56 Å². The highest BCUT2D eigenvalue weighted by Crippen LogP contribution is 2.11. The quantitative estimate of drug-likeness (QED) is 0.740. The second-order valence-corrected chi connectivity index (χ2v) is 2.49. The maximum atomic E-state index is 11.2. The molecule has 2 N–H and O–H groups in total. The van der Waals surface area contributed by atoms with Crippen LogP contribution in [0.25, 0.3) is 0 Å². The fourth-order valence-corrected chi connectivity index (χ4v) is 0.934. The van der Waals surface area contributed by atoms with Crippen molar-refractivity contribution >= 4 is 12.0 Å². The van der Waals surface area contributed by atoms with Gasteiger partial charge >= 0.3 is 6.09 Å². The summed E-state index contributed by atoms with van der Waals surface area (Å²) in [4.78, 5) is 21.4. The lowest BCUT2D eigenvalue weighted by Gasteiger charge is -2.02. The number of benzene rings is 1. The van der Waals surface area contributed by atoms with E-state index in [4.69, 9.17) is 9.84 Å². The molecule has 1 aromatic rings. The topological polar surface area (TPSA) is 75.6 Å². The largest absolute Gasteiger partial charge is 0.497 e. The summed E-state index contributed by atoms with van der Waals surface area (Å²) in [6.07, 6.45) is -1.38. The molecule has 0 spiro atoms. The molecule has 0 saturated carbocycles. The SMILES string of the molecule is COc1cccc(C(=O)NC(=O)O)c1. The molecule has 0 atom stereocenters. The van der Waals surface area contributed by atoms with Crippen LogP contribution in [0.2, 0.25) is 0 Å². The monoisotopic (exact) mass is 195 g/mol. The number of imide groups is 1. The van der Waals surface area contributed by atoms with Gasteiger partial charge in [-0.15, -0.1) is 0 Å². The van der Waals surface area contributed by atoms with Gasteiger partial charge in [-0.1, -0.05) is 6.07 Å². The fourth-order valence-electron chi connectivity index (χ4n) is 0.934. The van der Waals surface area contributed by atoms with Crippen LogP contribution in [0.1, 0.15) is 10.4 Å². The fraction of sp³-hybridized carbons (Fsp3) is 0.111. The van der Waals surface area contributed by atoms with E-state index in [1.165, 1.54) is 19.2 Å². The van der Waals surface area contributed by atoms with Gasteiger partial charge in [0.2, 0.25) is 0 Å². The number of methoxy groups -OCH3 is 1. The predicted molar refractivity (Wildman–Crippen MR) is 48.5 cm³/mol. The Balaban J connectivity index is 2.84. The third-order valence-corrected chi connectivity index (χ3v) is 1.55. The lowest BCUT2D eigenvalue weighted by Crippen LogP contribution is -2.28. The van der Waals surface area contributed by atoms with E-state index in [9.17, 15) is 9.59 Å². The van der Waals surface area contributed by atoms with Crippen molar-refractivity contribution in [1.29, 1.82) is 0 Å². The molecule has 0 saturated heterocycles. The molecule has 5 heteroatoms. The maximum absolute atomic E-state index is 11.2. The van der Waals surface area contributed by atoms with Gasteiger partial charge < -0.3 is 9.84 Å². The number of hydrogen-bond donors (Lipinski definition) is 2. The van der Waals surface area contributed by atoms with Gasteiger partial charge in [0.1, 0.15) is 5.75 Å². The van der Waals surface area contributed by atoms with E-state index in [2.05, 4.69) is 0 Å². The molecule has 0 aliphatic rings. The van der Waals surface area contributed by atoms with Crippen molar-refractivity contribution < 1.29 is 19.4 Å². The molecule has 1 aromatic carbocycles. The van der Waals surface area contributed by atoms with Crippen LogP contribution in [0, 0.1) is 0 Å². The number of rotatable bonds is 2. The number of carbonyl (C=O) groups excluding carboxylic acids is 1. The van der Waals surface area contributed by atoms with Gasteiger partial charge in [0.15, 0.2) is 0 Å². The first-order valence-electron chi connectivity index (χ1n) is 3.82. The molecule has 0 bridgehead atoms. The summed E-state index contributed by atoms with van der Waals surface area (Å²) in [7, 11) is 1.47. The Bertz CT molecular complexity index is 362. The maximum Gasteiger partial charge on any atom is 0.411 e. The summed E-state index contributed by atoms with van der Waals surface area (Å²) in [6, 6.07) is 6.23. The Morgan fingerprint density at radius 3 is 2.71 bits per heavy atom. The number of carbonyl (C=O) groups is 2. The van der Waals surface area contributed by atoms with Crippen LogP contribution in [-0.4, -0.2) is 24.2 Å². The second-order valence-electron chi connectivity index (χ2n) is 2.49. The Morgan fingerprint density at radius 2 is 2.14 bits per heavy atom. The minimum atomic E-state index is -1.38. The Labute approximate surface area is 80.3 Å². The van der Waals surface area contributed by atoms with Gasteiger partial charge in [-0.2, -0.15) is 0 Å². The van der Waals surface area contributed by atoms with Crippen molar-refractivity contribution in [2.75, 3.05) is 7.11 Å². The van der Waals surface area contributed by atoms with E-state index >= 15 is 0 Å². The van der Waals surface area contributed by atoms with Crippen LogP contribution < -0.4 is 10.1 Å². The first-order valence-corrected chi connectivity index (χ1v) is 3.82. The van der Waals surface area contributed by atoms with Crippen molar-refractivity contribution in [1.82, 2.24) is 5.32 Å². The average molecular weight is 195 g/mol. The van der Waals surface area contributed by atoms with E-state index < -0.39 is 12.0 Å². The van der Waals surface area contributed by atoms with Gasteiger partial charge in [-0.05, 0) is 18.2 Å². The zero-order valence-corrected chi connectivity index (χ0v) is 7.48. The molecule has 0 heterocycles. The summed E-state index contributed by atoms with van der Waals surface area (Å²) in [5, 5.41) is 10.0. The summed E-state index contributed by atoms with van der Waals surface area (Å²) >= 11 is 0. The normalized spacial score (nSPS) is 9.21. The smallest absolute Gasteiger partial charge is 0.411 e. The van der Waals surface area contributed by atoms with E-state index in [1.807, 2.05) is 0 Å². The number of hydrogen-bond acceptors (Lipinski definition) is 3. The van der Waals surface area contributed by atoms with Crippen LogP contribution in [-0.2, 0) is 0 Å². The zero-order chi connectivity index (χ0) is 10.6. The summed E-state index contributed by atoms with van der Waals surface area (Å²) in [5.41, 5.74) is 0.242. The van der Waals surface area contributed by atoms with Crippen molar-refractivity contribution in [3.63, 3.8) is 0 Å². The number of carboxylic acid groups (broad SMARTS) is 1. The first kappa shape index (κ1) is 10.0. The predicted octanol–water partition coefficient (Wildman–Crippen LogP) is 1.10. The second kappa shape index (κ2) is 4.27. The highest BCUT2D eigenvalue weighted by atomic mass is 16.5. The minimum absolute atomic E-state index is 0.242. The Morgan fingerprint density at radius 1 is 1.43 bits per heavy atom. The lowest BCUT2D eigenvalue weighted by atomic mass is 10.2. The van der Waals surface area contributed by atoms with Crippen molar-refractivity contribution in [3.05, 3.63) is 29.8 Å². The molecule has 0 aromatic heterocycles. The lowest BCUT2D eigenvalue weighted by molar-refractivity contribution is 0.0947. The van der Waals surface area contributed by atoms with Crippen molar-refractivity contribution in [2.45, 2.75) is 0 Å². The minimum Gasteiger partial charge on any atom is -0.497 e. The Kier molecular flexibility index (Phi) is 3.06. The number of ether oxygens (including phenoxy) is 1.